The molecule has 0 atom stereocenters. The van der Waals surface area contributed by atoms with Crippen LogP contribution in [0.1, 0.15) is 32.5 Å². The Kier molecular flexibility index (Phi) is 4.53. The van der Waals surface area contributed by atoms with E-state index in [1.54, 1.807) is 18.2 Å². The zero-order valence-corrected chi connectivity index (χ0v) is 12.2. The van der Waals surface area contributed by atoms with E-state index in [2.05, 4.69) is 10.6 Å². The van der Waals surface area contributed by atoms with Crippen molar-refractivity contribution in [2.45, 2.75) is 13.8 Å². The molecule has 0 saturated carbocycles. The first kappa shape index (κ1) is 14.3. The standard InChI is InChI=1S/C15H16N2O2S/c1-3-16-14(18)11-7-6-10(2)12(9-11)17-15(19)13-5-4-8-20-13/h4-9H,3H2,1-2H3,(H,16,18)(H,17,19). The maximum Gasteiger partial charge on any atom is 0.265 e. The number of anilines is 1. The summed E-state index contributed by atoms with van der Waals surface area (Å²) in [4.78, 5) is 24.5. The minimum absolute atomic E-state index is 0.140. The van der Waals surface area contributed by atoms with Crippen LogP contribution in [0.3, 0.4) is 0 Å². The van der Waals surface area contributed by atoms with E-state index in [9.17, 15) is 9.59 Å². The van der Waals surface area contributed by atoms with Gasteiger partial charge < -0.3 is 10.6 Å². The van der Waals surface area contributed by atoms with Crippen molar-refractivity contribution in [3.63, 3.8) is 0 Å². The highest BCUT2D eigenvalue weighted by Crippen LogP contribution is 2.19. The predicted molar refractivity (Wildman–Crippen MR) is 81.5 cm³/mol. The number of nitrogens with one attached hydrogen (secondary N) is 2. The van der Waals surface area contributed by atoms with Gasteiger partial charge in [-0.05, 0) is 43.0 Å². The van der Waals surface area contributed by atoms with Crippen LogP contribution in [0.25, 0.3) is 0 Å². The average molecular weight is 288 g/mol. The van der Waals surface area contributed by atoms with Crippen LogP contribution < -0.4 is 10.6 Å². The van der Waals surface area contributed by atoms with Gasteiger partial charge in [-0.25, -0.2) is 0 Å². The van der Waals surface area contributed by atoms with Gasteiger partial charge in [-0.1, -0.05) is 12.1 Å². The van der Waals surface area contributed by atoms with Gasteiger partial charge in [0.1, 0.15) is 0 Å². The summed E-state index contributed by atoms with van der Waals surface area (Å²) < 4.78 is 0. The minimum Gasteiger partial charge on any atom is -0.352 e. The Balaban J connectivity index is 2.21. The van der Waals surface area contributed by atoms with E-state index in [1.807, 2.05) is 31.4 Å². The molecule has 5 heteroatoms. The van der Waals surface area contributed by atoms with Crippen LogP contribution in [0.5, 0.6) is 0 Å². The van der Waals surface area contributed by atoms with E-state index in [0.717, 1.165) is 5.56 Å². The second kappa shape index (κ2) is 6.34. The van der Waals surface area contributed by atoms with Crippen LogP contribution in [0.15, 0.2) is 35.7 Å². The summed E-state index contributed by atoms with van der Waals surface area (Å²) in [5.41, 5.74) is 2.12. The molecule has 104 valence electrons. The molecule has 1 aromatic heterocycles. The topological polar surface area (TPSA) is 58.2 Å². The maximum absolute atomic E-state index is 12.0. The molecule has 0 spiro atoms. The lowest BCUT2D eigenvalue weighted by molar-refractivity contribution is 0.0954. The van der Waals surface area contributed by atoms with E-state index >= 15 is 0 Å². The zero-order valence-electron chi connectivity index (χ0n) is 11.4. The fraction of sp³-hybridized carbons (Fsp3) is 0.200. The van der Waals surface area contributed by atoms with Gasteiger partial charge in [-0.15, -0.1) is 11.3 Å². The molecule has 0 aliphatic carbocycles. The highest BCUT2D eigenvalue weighted by atomic mass is 32.1. The third-order valence-electron chi connectivity index (χ3n) is 2.83. The summed E-state index contributed by atoms with van der Waals surface area (Å²) in [5, 5.41) is 7.44. The number of benzene rings is 1. The van der Waals surface area contributed by atoms with E-state index < -0.39 is 0 Å². The number of carbonyl (C=O) groups is 2. The van der Waals surface area contributed by atoms with Crippen molar-refractivity contribution >= 4 is 28.8 Å². The maximum atomic E-state index is 12.0. The van der Waals surface area contributed by atoms with Gasteiger partial charge in [0.2, 0.25) is 0 Å². The number of thiophene rings is 1. The number of aryl methyl sites for hydroxylation is 1. The van der Waals surface area contributed by atoms with Crippen molar-refractivity contribution in [1.82, 2.24) is 5.32 Å². The summed E-state index contributed by atoms with van der Waals surface area (Å²) in [5.74, 6) is -0.296. The summed E-state index contributed by atoms with van der Waals surface area (Å²) >= 11 is 1.38. The van der Waals surface area contributed by atoms with Crippen molar-refractivity contribution in [3.8, 4) is 0 Å². The second-order valence-corrected chi connectivity index (χ2v) is 5.27. The third kappa shape index (κ3) is 3.24. The number of carbonyl (C=O) groups excluding carboxylic acids is 2. The number of hydrogen-bond acceptors (Lipinski definition) is 3. The second-order valence-electron chi connectivity index (χ2n) is 4.32. The van der Waals surface area contributed by atoms with Crippen LogP contribution in [0.4, 0.5) is 5.69 Å². The zero-order chi connectivity index (χ0) is 14.5. The lowest BCUT2D eigenvalue weighted by atomic mass is 10.1. The quantitative estimate of drug-likeness (QED) is 0.908. The lowest BCUT2D eigenvalue weighted by Gasteiger charge is -2.10. The molecule has 0 fully saturated rings. The van der Waals surface area contributed by atoms with Gasteiger partial charge in [0.15, 0.2) is 0 Å². The first-order valence-corrected chi connectivity index (χ1v) is 7.23. The summed E-state index contributed by atoms with van der Waals surface area (Å²) in [7, 11) is 0. The number of amides is 2. The Bertz CT molecular complexity index is 621. The molecule has 2 rings (SSSR count). The smallest absolute Gasteiger partial charge is 0.265 e. The summed E-state index contributed by atoms with van der Waals surface area (Å²) in [6, 6.07) is 8.88. The highest BCUT2D eigenvalue weighted by Gasteiger charge is 2.11. The SMILES string of the molecule is CCNC(=O)c1ccc(C)c(NC(=O)c2cccs2)c1. The molecule has 20 heavy (non-hydrogen) atoms. The average Bonchev–Trinajstić information content (AvgIpc) is 2.95. The Hall–Kier alpha value is -2.14. The van der Waals surface area contributed by atoms with Crippen molar-refractivity contribution < 1.29 is 9.59 Å². The highest BCUT2D eigenvalue weighted by molar-refractivity contribution is 7.12. The molecule has 2 amide bonds. The van der Waals surface area contributed by atoms with Gasteiger partial charge in [-0.3, -0.25) is 9.59 Å². The Morgan fingerprint density at radius 1 is 1.20 bits per heavy atom. The fourth-order valence-electron chi connectivity index (χ4n) is 1.75. The van der Waals surface area contributed by atoms with Crippen molar-refractivity contribution in [2.24, 2.45) is 0 Å². The molecular formula is C15H16N2O2S. The van der Waals surface area contributed by atoms with E-state index in [1.165, 1.54) is 11.3 Å². The van der Waals surface area contributed by atoms with Crippen molar-refractivity contribution in [2.75, 3.05) is 11.9 Å². The predicted octanol–water partition coefficient (Wildman–Crippen LogP) is 3.06. The van der Waals surface area contributed by atoms with E-state index in [4.69, 9.17) is 0 Å². The van der Waals surface area contributed by atoms with Crippen molar-refractivity contribution in [3.05, 3.63) is 51.7 Å². The Labute approximate surface area is 121 Å². The van der Waals surface area contributed by atoms with Gasteiger partial charge in [0, 0.05) is 17.8 Å². The van der Waals surface area contributed by atoms with Gasteiger partial charge in [0.25, 0.3) is 11.8 Å². The van der Waals surface area contributed by atoms with Crippen molar-refractivity contribution in [1.29, 1.82) is 0 Å². The van der Waals surface area contributed by atoms with Crippen LogP contribution in [0, 0.1) is 6.92 Å². The lowest BCUT2D eigenvalue weighted by Crippen LogP contribution is -2.23. The number of rotatable bonds is 4. The molecule has 2 aromatic rings. The Morgan fingerprint density at radius 2 is 2.00 bits per heavy atom. The first-order chi connectivity index (χ1) is 9.61. The van der Waals surface area contributed by atoms with Crippen LogP contribution in [0.2, 0.25) is 0 Å². The van der Waals surface area contributed by atoms with E-state index in [-0.39, 0.29) is 11.8 Å². The fourth-order valence-corrected chi connectivity index (χ4v) is 2.37. The first-order valence-electron chi connectivity index (χ1n) is 6.35. The molecule has 0 aliphatic heterocycles. The summed E-state index contributed by atoms with van der Waals surface area (Å²) in [6.07, 6.45) is 0. The minimum atomic E-state index is -0.156. The molecule has 0 saturated heterocycles. The monoisotopic (exact) mass is 288 g/mol. The van der Waals surface area contributed by atoms with Gasteiger partial charge in [-0.2, -0.15) is 0 Å². The molecule has 0 unspecified atom stereocenters. The molecular weight excluding hydrogens is 272 g/mol. The largest absolute Gasteiger partial charge is 0.352 e. The molecule has 1 heterocycles. The number of hydrogen-bond donors (Lipinski definition) is 2. The molecule has 4 nitrogen and oxygen atoms in total. The van der Waals surface area contributed by atoms with Crippen LogP contribution in [-0.4, -0.2) is 18.4 Å². The molecule has 0 bridgehead atoms. The third-order valence-corrected chi connectivity index (χ3v) is 3.70. The molecule has 0 aliphatic rings. The van der Waals surface area contributed by atoms with Crippen LogP contribution >= 0.6 is 11.3 Å². The van der Waals surface area contributed by atoms with Crippen LogP contribution in [-0.2, 0) is 0 Å². The molecule has 0 radical (unpaired) electrons. The molecule has 2 N–H and O–H groups in total. The summed E-state index contributed by atoms with van der Waals surface area (Å²) in [6.45, 7) is 4.33. The van der Waals surface area contributed by atoms with E-state index in [0.29, 0.717) is 22.7 Å². The normalized spacial score (nSPS) is 10.1. The van der Waals surface area contributed by atoms with Gasteiger partial charge >= 0.3 is 0 Å². The Morgan fingerprint density at radius 3 is 2.65 bits per heavy atom. The molecule has 1 aromatic carbocycles. The van der Waals surface area contributed by atoms with Gasteiger partial charge in [0.05, 0.1) is 4.88 Å².